The third-order valence-electron chi connectivity index (χ3n) is 5.55. The maximum absolute atomic E-state index is 5.47. The summed E-state index contributed by atoms with van der Waals surface area (Å²) in [5.41, 5.74) is 3.81. The van der Waals surface area contributed by atoms with Gasteiger partial charge in [-0.3, -0.25) is 9.80 Å². The lowest BCUT2D eigenvalue weighted by Gasteiger charge is -2.26. The zero-order valence-corrected chi connectivity index (χ0v) is 15.8. The van der Waals surface area contributed by atoms with Crippen LogP contribution >= 0.6 is 0 Å². The van der Waals surface area contributed by atoms with Gasteiger partial charge in [0.2, 0.25) is 0 Å². The molecule has 4 rings (SSSR count). The van der Waals surface area contributed by atoms with Crippen molar-refractivity contribution in [3.63, 3.8) is 0 Å². The zero-order valence-electron chi connectivity index (χ0n) is 15.8. The number of aryl methyl sites for hydroxylation is 1. The van der Waals surface area contributed by atoms with E-state index in [1.165, 1.54) is 48.8 Å². The van der Waals surface area contributed by atoms with Crippen molar-refractivity contribution >= 4 is 10.9 Å². The Morgan fingerprint density at radius 1 is 1.00 bits per heavy atom. The topological polar surface area (TPSA) is 20.6 Å². The Labute approximate surface area is 156 Å². The van der Waals surface area contributed by atoms with Gasteiger partial charge >= 0.3 is 0 Å². The predicted octanol–water partition coefficient (Wildman–Crippen LogP) is 2.85. The van der Waals surface area contributed by atoms with Gasteiger partial charge in [-0.05, 0) is 49.7 Å². The number of piperidine rings is 1. The molecule has 2 aliphatic heterocycles. The fraction of sp³-hybridized carbons (Fsp3) is 0.545. The molecule has 138 valence electrons. The zero-order chi connectivity index (χ0) is 17.8. The van der Waals surface area contributed by atoms with Gasteiger partial charge in [0.05, 0.1) is 19.8 Å². The smallest absolute Gasteiger partial charge is 0.0605 e. The van der Waals surface area contributed by atoms with Crippen molar-refractivity contribution in [3.8, 4) is 11.8 Å². The van der Waals surface area contributed by atoms with Gasteiger partial charge in [-0.1, -0.05) is 18.3 Å². The molecule has 0 amide bonds. The predicted molar refractivity (Wildman–Crippen MR) is 106 cm³/mol. The van der Waals surface area contributed by atoms with Crippen molar-refractivity contribution in [3.05, 3.63) is 35.5 Å². The lowest BCUT2D eigenvalue weighted by Crippen LogP contribution is -2.35. The molecule has 1 aromatic heterocycles. The van der Waals surface area contributed by atoms with Gasteiger partial charge in [-0.2, -0.15) is 0 Å². The number of benzene rings is 1. The third kappa shape index (κ3) is 4.12. The summed E-state index contributed by atoms with van der Waals surface area (Å²) in [7, 11) is 2.13. The highest BCUT2D eigenvalue weighted by molar-refractivity contribution is 5.85. The van der Waals surface area contributed by atoms with Crippen LogP contribution in [0.25, 0.3) is 10.9 Å². The van der Waals surface area contributed by atoms with E-state index >= 15 is 0 Å². The van der Waals surface area contributed by atoms with Crippen LogP contribution in [0, 0.1) is 11.8 Å². The largest absolute Gasteiger partial charge is 0.379 e. The van der Waals surface area contributed by atoms with E-state index in [1.54, 1.807) is 0 Å². The van der Waals surface area contributed by atoms with Gasteiger partial charge in [0, 0.05) is 49.3 Å². The minimum Gasteiger partial charge on any atom is -0.379 e. The van der Waals surface area contributed by atoms with Crippen LogP contribution in [0.5, 0.6) is 0 Å². The van der Waals surface area contributed by atoms with E-state index in [9.17, 15) is 0 Å². The van der Waals surface area contributed by atoms with Crippen LogP contribution in [0.15, 0.2) is 24.4 Å². The molecule has 2 saturated heterocycles. The lowest BCUT2D eigenvalue weighted by molar-refractivity contribution is 0.0343. The molecule has 4 heteroatoms. The minimum absolute atomic E-state index is 0.845. The molecule has 26 heavy (non-hydrogen) atoms. The Balaban J connectivity index is 1.50. The monoisotopic (exact) mass is 351 g/mol. The molecule has 0 radical (unpaired) electrons. The van der Waals surface area contributed by atoms with Gasteiger partial charge < -0.3 is 9.30 Å². The van der Waals surface area contributed by atoms with E-state index < -0.39 is 0 Å². The molecule has 0 spiro atoms. The lowest BCUT2D eigenvalue weighted by atomic mass is 10.1. The third-order valence-corrected chi connectivity index (χ3v) is 5.55. The van der Waals surface area contributed by atoms with Crippen LogP contribution < -0.4 is 0 Å². The first-order chi connectivity index (χ1) is 12.8. The molecule has 0 aliphatic carbocycles. The van der Waals surface area contributed by atoms with Gasteiger partial charge in [-0.25, -0.2) is 0 Å². The number of nitrogens with zero attached hydrogens (tertiary/aromatic N) is 3. The summed E-state index contributed by atoms with van der Waals surface area (Å²) in [6.45, 7) is 8.03. The molecule has 2 aromatic rings. The number of fused-ring (bicyclic) bond motifs is 1. The van der Waals surface area contributed by atoms with Crippen LogP contribution in [0.2, 0.25) is 0 Å². The quantitative estimate of drug-likeness (QED) is 0.794. The van der Waals surface area contributed by atoms with Crippen molar-refractivity contribution in [1.29, 1.82) is 0 Å². The SMILES string of the molecule is Cn1cc(CN2CCOCC2)c2cc(C#CCN3CCCCC3)ccc21. The van der Waals surface area contributed by atoms with Crippen LogP contribution in [-0.2, 0) is 18.3 Å². The van der Waals surface area contributed by atoms with E-state index in [-0.39, 0.29) is 0 Å². The molecule has 2 fully saturated rings. The second-order valence-electron chi connectivity index (χ2n) is 7.52. The minimum atomic E-state index is 0.845. The molecular weight excluding hydrogens is 322 g/mol. The summed E-state index contributed by atoms with van der Waals surface area (Å²) in [4.78, 5) is 4.95. The van der Waals surface area contributed by atoms with Gasteiger partial charge in [-0.15, -0.1) is 0 Å². The van der Waals surface area contributed by atoms with Crippen molar-refractivity contribution in [1.82, 2.24) is 14.4 Å². The first-order valence-electron chi connectivity index (χ1n) is 9.89. The van der Waals surface area contributed by atoms with Gasteiger partial charge in [0.1, 0.15) is 0 Å². The summed E-state index contributed by atoms with van der Waals surface area (Å²) in [5, 5.41) is 1.34. The standard InChI is InChI=1S/C22H29N3O/c1-23-17-20(18-25-12-14-26-15-13-25)21-16-19(7-8-22(21)23)6-5-11-24-9-3-2-4-10-24/h7-8,16-17H,2-4,9-15,18H2,1H3. The van der Waals surface area contributed by atoms with E-state index in [4.69, 9.17) is 4.74 Å². The average molecular weight is 351 g/mol. The van der Waals surface area contributed by atoms with Gasteiger partial charge in [0.25, 0.3) is 0 Å². The molecular formula is C22H29N3O. The van der Waals surface area contributed by atoms with Crippen LogP contribution in [0.3, 0.4) is 0 Å². The highest BCUT2D eigenvalue weighted by atomic mass is 16.5. The second kappa shape index (κ2) is 8.26. The maximum Gasteiger partial charge on any atom is 0.0605 e. The molecule has 4 nitrogen and oxygen atoms in total. The van der Waals surface area contributed by atoms with E-state index in [1.807, 2.05) is 0 Å². The Morgan fingerprint density at radius 3 is 2.62 bits per heavy atom. The molecule has 3 heterocycles. The summed E-state index contributed by atoms with van der Waals surface area (Å²) in [6, 6.07) is 6.64. The number of likely N-dealkylation sites (tertiary alicyclic amines) is 1. The van der Waals surface area contributed by atoms with E-state index in [2.05, 4.69) is 57.7 Å². The number of hydrogen-bond acceptors (Lipinski definition) is 3. The van der Waals surface area contributed by atoms with Crippen LogP contribution in [0.4, 0.5) is 0 Å². The first kappa shape index (κ1) is 17.6. The summed E-state index contributed by atoms with van der Waals surface area (Å²) < 4.78 is 7.71. The Kier molecular flexibility index (Phi) is 5.59. The van der Waals surface area contributed by atoms with E-state index in [0.717, 1.165) is 45.0 Å². The molecule has 0 bridgehead atoms. The molecule has 2 aliphatic rings. The average Bonchev–Trinajstić information content (AvgIpc) is 2.99. The second-order valence-corrected chi connectivity index (χ2v) is 7.52. The fourth-order valence-electron chi connectivity index (χ4n) is 4.05. The van der Waals surface area contributed by atoms with Crippen LogP contribution in [-0.4, -0.2) is 60.3 Å². The van der Waals surface area contributed by atoms with Crippen molar-refractivity contribution in [2.75, 3.05) is 45.9 Å². The first-order valence-corrected chi connectivity index (χ1v) is 9.89. The number of aromatic nitrogens is 1. The molecule has 0 unspecified atom stereocenters. The van der Waals surface area contributed by atoms with Crippen LogP contribution in [0.1, 0.15) is 30.4 Å². The summed E-state index contributed by atoms with van der Waals surface area (Å²) in [5.74, 6) is 6.78. The highest BCUT2D eigenvalue weighted by Crippen LogP contribution is 2.23. The van der Waals surface area contributed by atoms with Crippen molar-refractivity contribution in [2.24, 2.45) is 7.05 Å². The molecule has 1 aromatic carbocycles. The maximum atomic E-state index is 5.47. The normalized spacial score (nSPS) is 19.4. The summed E-state index contributed by atoms with van der Waals surface area (Å²) >= 11 is 0. The number of ether oxygens (including phenoxy) is 1. The molecule has 0 atom stereocenters. The number of hydrogen-bond donors (Lipinski definition) is 0. The number of rotatable bonds is 3. The molecule has 0 N–H and O–H groups in total. The number of morpholine rings is 1. The fourth-order valence-corrected chi connectivity index (χ4v) is 4.05. The Morgan fingerprint density at radius 2 is 1.81 bits per heavy atom. The van der Waals surface area contributed by atoms with Crippen molar-refractivity contribution < 1.29 is 4.74 Å². The van der Waals surface area contributed by atoms with E-state index in [0.29, 0.717) is 0 Å². The van der Waals surface area contributed by atoms with Gasteiger partial charge in [0.15, 0.2) is 0 Å². The Bertz CT molecular complexity index is 802. The Hall–Kier alpha value is -1.80. The highest BCUT2D eigenvalue weighted by Gasteiger charge is 2.14. The molecule has 0 saturated carbocycles. The summed E-state index contributed by atoms with van der Waals surface area (Å²) in [6.07, 6.45) is 6.29. The van der Waals surface area contributed by atoms with Crippen molar-refractivity contribution in [2.45, 2.75) is 25.8 Å².